The van der Waals surface area contributed by atoms with Gasteiger partial charge in [0, 0.05) is 18.5 Å². The van der Waals surface area contributed by atoms with Crippen LogP contribution >= 0.6 is 0 Å². The van der Waals surface area contributed by atoms with Crippen LogP contribution in [0.5, 0.6) is 0 Å². The van der Waals surface area contributed by atoms with E-state index in [-0.39, 0.29) is 0 Å². The molecule has 118 valence electrons. The highest BCUT2D eigenvalue weighted by molar-refractivity contribution is 5.95. The minimum atomic E-state index is -0.421. The SMILES string of the molecule is CCOC(=O)c1cn(Cc2cc(C)on2)nc1-c1ccccn1. The highest BCUT2D eigenvalue weighted by Gasteiger charge is 2.20. The first-order valence-electron chi connectivity index (χ1n) is 7.25. The van der Waals surface area contributed by atoms with Crippen LogP contribution in [0, 0.1) is 6.92 Å². The van der Waals surface area contributed by atoms with Crippen molar-refractivity contribution in [3.8, 4) is 11.4 Å². The molecule has 0 unspecified atom stereocenters. The van der Waals surface area contributed by atoms with Crippen molar-refractivity contribution in [2.45, 2.75) is 20.4 Å². The third-order valence-corrected chi connectivity index (χ3v) is 3.17. The molecule has 7 heteroatoms. The van der Waals surface area contributed by atoms with Crippen LogP contribution in [0.4, 0.5) is 0 Å². The first-order chi connectivity index (χ1) is 11.2. The zero-order valence-electron chi connectivity index (χ0n) is 12.9. The molecular formula is C16H16N4O3. The Morgan fingerprint density at radius 2 is 2.26 bits per heavy atom. The summed E-state index contributed by atoms with van der Waals surface area (Å²) in [6.07, 6.45) is 3.30. The van der Waals surface area contributed by atoms with Gasteiger partial charge in [-0.1, -0.05) is 11.2 Å². The zero-order valence-corrected chi connectivity index (χ0v) is 12.9. The fraction of sp³-hybridized carbons (Fsp3) is 0.250. The molecule has 0 amide bonds. The van der Waals surface area contributed by atoms with E-state index >= 15 is 0 Å². The number of hydrogen-bond donors (Lipinski definition) is 0. The average Bonchev–Trinajstić information content (AvgIpc) is 3.15. The van der Waals surface area contributed by atoms with E-state index in [1.807, 2.05) is 25.1 Å². The van der Waals surface area contributed by atoms with Crippen molar-refractivity contribution in [3.63, 3.8) is 0 Å². The van der Waals surface area contributed by atoms with Crippen molar-refractivity contribution >= 4 is 5.97 Å². The number of nitrogens with zero attached hydrogens (tertiary/aromatic N) is 4. The molecule has 3 rings (SSSR count). The summed E-state index contributed by atoms with van der Waals surface area (Å²) < 4.78 is 11.8. The number of pyridine rings is 1. The van der Waals surface area contributed by atoms with Crippen LogP contribution in [0.3, 0.4) is 0 Å². The van der Waals surface area contributed by atoms with E-state index in [0.29, 0.717) is 30.1 Å². The van der Waals surface area contributed by atoms with E-state index in [2.05, 4.69) is 15.2 Å². The van der Waals surface area contributed by atoms with E-state index in [1.54, 1.807) is 30.1 Å². The second-order valence-electron chi connectivity index (χ2n) is 4.95. The maximum atomic E-state index is 12.2. The normalized spacial score (nSPS) is 10.7. The van der Waals surface area contributed by atoms with Crippen molar-refractivity contribution in [2.75, 3.05) is 6.61 Å². The Morgan fingerprint density at radius 3 is 2.91 bits per heavy atom. The molecule has 0 spiro atoms. The summed E-state index contributed by atoms with van der Waals surface area (Å²) in [7, 11) is 0. The number of carbonyl (C=O) groups excluding carboxylic acids is 1. The monoisotopic (exact) mass is 312 g/mol. The number of rotatable bonds is 5. The molecule has 0 aliphatic rings. The second-order valence-corrected chi connectivity index (χ2v) is 4.95. The summed E-state index contributed by atoms with van der Waals surface area (Å²) in [5, 5.41) is 8.40. The van der Waals surface area contributed by atoms with E-state index in [9.17, 15) is 4.79 Å². The van der Waals surface area contributed by atoms with Gasteiger partial charge in [0.25, 0.3) is 0 Å². The maximum absolute atomic E-state index is 12.2. The summed E-state index contributed by atoms with van der Waals surface area (Å²) in [6.45, 7) is 4.29. The van der Waals surface area contributed by atoms with Gasteiger partial charge < -0.3 is 9.26 Å². The zero-order chi connectivity index (χ0) is 16.2. The summed E-state index contributed by atoms with van der Waals surface area (Å²) >= 11 is 0. The summed E-state index contributed by atoms with van der Waals surface area (Å²) in [4.78, 5) is 16.4. The molecule has 0 bridgehead atoms. The Bertz CT molecular complexity index is 808. The predicted molar refractivity (Wildman–Crippen MR) is 81.8 cm³/mol. The molecule has 0 aliphatic carbocycles. The smallest absolute Gasteiger partial charge is 0.342 e. The summed E-state index contributed by atoms with van der Waals surface area (Å²) in [5.74, 6) is 0.304. The van der Waals surface area contributed by atoms with Gasteiger partial charge in [0.2, 0.25) is 0 Å². The third kappa shape index (κ3) is 3.28. The van der Waals surface area contributed by atoms with Crippen molar-refractivity contribution in [3.05, 3.63) is 53.7 Å². The minimum Gasteiger partial charge on any atom is -0.462 e. The van der Waals surface area contributed by atoms with E-state index < -0.39 is 5.97 Å². The molecule has 0 saturated carbocycles. The van der Waals surface area contributed by atoms with Gasteiger partial charge >= 0.3 is 5.97 Å². The highest BCUT2D eigenvalue weighted by Crippen LogP contribution is 2.21. The molecule has 0 saturated heterocycles. The Hall–Kier alpha value is -2.96. The quantitative estimate of drug-likeness (QED) is 0.673. The first-order valence-corrected chi connectivity index (χ1v) is 7.25. The molecule has 23 heavy (non-hydrogen) atoms. The standard InChI is InChI=1S/C16H16N4O3/c1-3-22-16(21)13-10-20(9-12-8-11(2)23-19-12)18-15(13)14-6-4-5-7-17-14/h4-8,10H,3,9H2,1-2H3. The molecule has 7 nitrogen and oxygen atoms in total. The Morgan fingerprint density at radius 1 is 1.39 bits per heavy atom. The lowest BCUT2D eigenvalue weighted by Crippen LogP contribution is -2.05. The number of aromatic nitrogens is 4. The predicted octanol–water partition coefficient (Wildman–Crippen LogP) is 2.47. The Balaban J connectivity index is 1.97. The third-order valence-electron chi connectivity index (χ3n) is 3.17. The molecule has 3 aromatic rings. The van der Waals surface area contributed by atoms with Gasteiger partial charge in [-0.2, -0.15) is 5.10 Å². The van der Waals surface area contributed by atoms with Gasteiger partial charge in [0.15, 0.2) is 0 Å². The van der Waals surface area contributed by atoms with Crippen LogP contribution in [-0.2, 0) is 11.3 Å². The lowest BCUT2D eigenvalue weighted by Gasteiger charge is -2.01. The summed E-state index contributed by atoms with van der Waals surface area (Å²) in [5.41, 5.74) is 2.22. The second kappa shape index (κ2) is 6.43. The van der Waals surface area contributed by atoms with Crippen LogP contribution in [0.15, 0.2) is 41.2 Å². The van der Waals surface area contributed by atoms with Crippen molar-refractivity contribution < 1.29 is 14.1 Å². The van der Waals surface area contributed by atoms with Gasteiger partial charge in [0.05, 0.1) is 18.8 Å². The molecule has 0 radical (unpaired) electrons. The lowest BCUT2D eigenvalue weighted by molar-refractivity contribution is 0.0527. The van der Waals surface area contributed by atoms with Crippen LogP contribution in [0.1, 0.15) is 28.7 Å². The van der Waals surface area contributed by atoms with Crippen molar-refractivity contribution in [1.82, 2.24) is 19.9 Å². The first kappa shape index (κ1) is 15.0. The number of esters is 1. The minimum absolute atomic E-state index is 0.300. The summed E-state index contributed by atoms with van der Waals surface area (Å²) in [6, 6.07) is 7.28. The van der Waals surface area contributed by atoms with E-state index in [4.69, 9.17) is 9.26 Å². The van der Waals surface area contributed by atoms with Gasteiger partial charge in [0.1, 0.15) is 22.7 Å². The van der Waals surface area contributed by atoms with Crippen LogP contribution in [0.2, 0.25) is 0 Å². The molecule has 0 atom stereocenters. The van der Waals surface area contributed by atoms with Crippen molar-refractivity contribution in [1.29, 1.82) is 0 Å². The Labute approximate surface area is 132 Å². The van der Waals surface area contributed by atoms with Gasteiger partial charge in [-0.05, 0) is 26.0 Å². The van der Waals surface area contributed by atoms with Gasteiger partial charge in [-0.15, -0.1) is 0 Å². The molecule has 0 fully saturated rings. The number of aryl methyl sites for hydroxylation is 1. The van der Waals surface area contributed by atoms with Gasteiger partial charge in [-0.25, -0.2) is 4.79 Å². The Kier molecular flexibility index (Phi) is 4.18. The number of hydrogen-bond acceptors (Lipinski definition) is 6. The average molecular weight is 312 g/mol. The molecule has 0 aliphatic heterocycles. The molecule has 3 aromatic heterocycles. The molecular weight excluding hydrogens is 296 g/mol. The van der Waals surface area contributed by atoms with Crippen LogP contribution in [-0.4, -0.2) is 32.5 Å². The van der Waals surface area contributed by atoms with Crippen LogP contribution in [0.25, 0.3) is 11.4 Å². The highest BCUT2D eigenvalue weighted by atomic mass is 16.5. The van der Waals surface area contributed by atoms with Crippen molar-refractivity contribution in [2.24, 2.45) is 0 Å². The molecule has 0 N–H and O–H groups in total. The lowest BCUT2D eigenvalue weighted by atomic mass is 10.2. The molecule has 3 heterocycles. The van der Waals surface area contributed by atoms with E-state index in [1.165, 1.54) is 0 Å². The topological polar surface area (TPSA) is 83.0 Å². The number of carbonyl (C=O) groups is 1. The van der Waals surface area contributed by atoms with Crippen LogP contribution < -0.4 is 0 Å². The molecule has 0 aromatic carbocycles. The number of ether oxygens (including phenoxy) is 1. The van der Waals surface area contributed by atoms with E-state index in [0.717, 1.165) is 11.5 Å². The van der Waals surface area contributed by atoms with Gasteiger partial charge in [-0.3, -0.25) is 9.67 Å². The fourth-order valence-electron chi connectivity index (χ4n) is 2.21. The maximum Gasteiger partial charge on any atom is 0.342 e. The largest absolute Gasteiger partial charge is 0.462 e. The fourth-order valence-corrected chi connectivity index (χ4v) is 2.21.